The summed E-state index contributed by atoms with van der Waals surface area (Å²) in [6.07, 6.45) is -0.262. The third kappa shape index (κ3) is 5.12. The normalized spacial score (nSPS) is 27.9. The highest BCUT2D eigenvalue weighted by Crippen LogP contribution is 2.66. The van der Waals surface area contributed by atoms with Crippen LogP contribution in [0.4, 0.5) is 0 Å². The zero-order chi connectivity index (χ0) is 31.1. The smallest absolute Gasteiger partial charge is 0.312 e. The quantitative estimate of drug-likeness (QED) is 0.248. The van der Waals surface area contributed by atoms with Crippen LogP contribution in [0.25, 0.3) is 0 Å². The molecule has 234 valence electrons. The van der Waals surface area contributed by atoms with Gasteiger partial charge in [0, 0.05) is 25.1 Å². The second kappa shape index (κ2) is 11.8. The van der Waals surface area contributed by atoms with Crippen molar-refractivity contribution in [1.82, 2.24) is 15.5 Å². The van der Waals surface area contributed by atoms with Crippen LogP contribution in [0, 0.1) is 0 Å². The van der Waals surface area contributed by atoms with Crippen molar-refractivity contribution in [3.8, 4) is 11.5 Å². The van der Waals surface area contributed by atoms with Crippen molar-refractivity contribution in [3.63, 3.8) is 0 Å². The number of methoxy groups -OCH3 is 1. The Morgan fingerprint density at radius 1 is 1.07 bits per heavy atom. The number of hydrogen-bond acceptors (Lipinski definition) is 11. The monoisotopic (exact) mass is 601 g/mol. The molecule has 2 bridgehead atoms. The van der Waals surface area contributed by atoms with E-state index >= 15 is 0 Å². The Bertz CT molecular complexity index is 1340. The van der Waals surface area contributed by atoms with Gasteiger partial charge in [-0.1, -0.05) is 6.07 Å². The van der Waals surface area contributed by atoms with Crippen LogP contribution in [0.15, 0.2) is 24.0 Å². The molecule has 2 aliphatic carbocycles. The van der Waals surface area contributed by atoms with Crippen molar-refractivity contribution in [1.29, 1.82) is 0 Å². The van der Waals surface area contributed by atoms with Gasteiger partial charge in [-0.2, -0.15) is 0 Å². The average molecular weight is 602 g/mol. The minimum absolute atomic E-state index is 0.00599. The zero-order valence-corrected chi connectivity index (χ0v) is 24.8. The second-order valence-corrected chi connectivity index (χ2v) is 11.6. The molecule has 0 unspecified atom stereocenters. The molecule has 2 aliphatic heterocycles. The number of rotatable bonds is 11. The molecule has 13 nitrogen and oxygen atoms in total. The number of hydrogen-bond donors (Lipinski definition) is 4. The van der Waals surface area contributed by atoms with Gasteiger partial charge in [0.25, 0.3) is 0 Å². The maximum absolute atomic E-state index is 13.4. The van der Waals surface area contributed by atoms with Gasteiger partial charge in [0.2, 0.25) is 11.8 Å². The second-order valence-electron chi connectivity index (χ2n) is 11.6. The van der Waals surface area contributed by atoms with Gasteiger partial charge >= 0.3 is 11.9 Å². The van der Waals surface area contributed by atoms with Crippen LogP contribution >= 0.6 is 0 Å². The number of likely N-dealkylation sites (tertiary alicyclic amines) is 1. The molecule has 1 aromatic rings. The van der Waals surface area contributed by atoms with Crippen LogP contribution in [0.5, 0.6) is 11.5 Å². The van der Waals surface area contributed by atoms with Crippen LogP contribution in [0.2, 0.25) is 0 Å². The summed E-state index contributed by atoms with van der Waals surface area (Å²) in [6.45, 7) is 3.35. The summed E-state index contributed by atoms with van der Waals surface area (Å²) in [6, 6.07) is 3.64. The number of nitrogens with zero attached hydrogens (tertiary/aromatic N) is 1. The third-order valence-corrected chi connectivity index (χ3v) is 9.06. The molecule has 0 aromatic heterocycles. The van der Waals surface area contributed by atoms with Crippen molar-refractivity contribution in [2.75, 3.05) is 33.8 Å². The summed E-state index contributed by atoms with van der Waals surface area (Å²) in [4.78, 5) is 52.0. The maximum atomic E-state index is 13.4. The Balaban J connectivity index is 1.48. The lowest BCUT2D eigenvalue weighted by Gasteiger charge is -2.62. The van der Waals surface area contributed by atoms with E-state index in [1.54, 1.807) is 13.2 Å². The van der Waals surface area contributed by atoms with Crippen LogP contribution in [-0.4, -0.2) is 103 Å². The van der Waals surface area contributed by atoms with Gasteiger partial charge in [-0.25, -0.2) is 0 Å². The summed E-state index contributed by atoms with van der Waals surface area (Å²) in [7, 11) is 3.55. The first kappa shape index (κ1) is 30.8. The molecule has 2 heterocycles. The maximum Gasteiger partial charge on any atom is 0.312 e. The van der Waals surface area contributed by atoms with Gasteiger partial charge in [0.1, 0.15) is 23.6 Å². The minimum atomic E-state index is -1.19. The molecule has 0 saturated carbocycles. The molecule has 4 N–H and O–H groups in total. The number of aliphatic hydroxyl groups is 2. The number of carbonyl (C=O) groups excluding carboxylic acids is 4. The number of piperidine rings is 1. The number of carbonyl (C=O) groups is 4. The number of likely N-dealkylation sites (N-methyl/N-ethyl adjacent to an activating group) is 1. The number of benzene rings is 1. The lowest BCUT2D eigenvalue weighted by atomic mass is 9.50. The van der Waals surface area contributed by atoms with Crippen molar-refractivity contribution in [2.24, 2.45) is 0 Å². The van der Waals surface area contributed by atoms with Crippen LogP contribution in [0.3, 0.4) is 0 Å². The summed E-state index contributed by atoms with van der Waals surface area (Å²) in [5.41, 5.74) is -0.0197. The molecule has 1 aromatic carbocycles. The Hall–Kier alpha value is -3.68. The van der Waals surface area contributed by atoms with Gasteiger partial charge in [0.15, 0.2) is 17.6 Å². The predicted octanol–water partition coefficient (Wildman–Crippen LogP) is -0.159. The van der Waals surface area contributed by atoms with E-state index in [1.807, 2.05) is 19.2 Å². The molecule has 0 radical (unpaired) electrons. The molecule has 6 atom stereocenters. The van der Waals surface area contributed by atoms with E-state index in [9.17, 15) is 29.4 Å². The van der Waals surface area contributed by atoms with E-state index < -0.39 is 53.1 Å². The number of ether oxygens (including phenoxy) is 4. The Morgan fingerprint density at radius 3 is 2.35 bits per heavy atom. The molecule has 1 fully saturated rings. The minimum Gasteiger partial charge on any atom is -0.493 e. The summed E-state index contributed by atoms with van der Waals surface area (Å²) >= 11 is 0. The number of aliphatic hydroxyl groups excluding tert-OH is 2. The average Bonchev–Trinajstić information content (AvgIpc) is 3.32. The number of nitrogens with one attached hydrogen (secondary N) is 2. The largest absolute Gasteiger partial charge is 0.493 e. The number of esters is 2. The van der Waals surface area contributed by atoms with E-state index in [2.05, 4.69) is 15.5 Å². The Labute approximate surface area is 249 Å². The summed E-state index contributed by atoms with van der Waals surface area (Å²) < 4.78 is 24.6. The van der Waals surface area contributed by atoms with Crippen molar-refractivity contribution < 1.29 is 48.3 Å². The van der Waals surface area contributed by atoms with Crippen molar-refractivity contribution in [2.45, 2.75) is 81.3 Å². The van der Waals surface area contributed by atoms with Crippen molar-refractivity contribution in [3.05, 3.63) is 35.1 Å². The van der Waals surface area contributed by atoms with E-state index in [0.717, 1.165) is 11.1 Å². The van der Waals surface area contributed by atoms with Gasteiger partial charge in [-0.15, -0.1) is 0 Å². The highest BCUT2D eigenvalue weighted by molar-refractivity contribution is 5.81. The fourth-order valence-corrected chi connectivity index (χ4v) is 7.06. The molecule has 2 amide bonds. The van der Waals surface area contributed by atoms with Crippen LogP contribution in [0.1, 0.15) is 50.7 Å². The lowest BCUT2D eigenvalue weighted by Crippen LogP contribution is -2.75. The zero-order valence-electron chi connectivity index (χ0n) is 24.8. The predicted molar refractivity (Wildman–Crippen MR) is 150 cm³/mol. The van der Waals surface area contributed by atoms with Crippen molar-refractivity contribution >= 4 is 23.8 Å². The molecular formula is C30H39N3O10. The number of amides is 2. The summed E-state index contributed by atoms with van der Waals surface area (Å²) in [5, 5.41) is 23.9. The first-order valence-electron chi connectivity index (χ1n) is 14.6. The lowest BCUT2D eigenvalue weighted by molar-refractivity contribution is -0.206. The molecule has 1 saturated heterocycles. The van der Waals surface area contributed by atoms with E-state index in [1.165, 1.54) is 13.8 Å². The molecular weight excluding hydrogens is 562 g/mol. The van der Waals surface area contributed by atoms with E-state index in [-0.39, 0.29) is 38.4 Å². The highest BCUT2D eigenvalue weighted by Gasteiger charge is 2.74. The third-order valence-electron chi connectivity index (χ3n) is 9.06. The SMILES string of the molecule is COc1ccc2c3c1O[C@@H]1C(OC(=O)CCNC(=O)[C@H](C)O)=CC[C@]4(OC(=O)CCNC(=O)[C@H](C)O)[C@H](C2)N(C)CC[C@@]314. The van der Waals surface area contributed by atoms with Gasteiger partial charge < -0.3 is 39.8 Å². The van der Waals surface area contributed by atoms with Gasteiger partial charge in [-0.05, 0) is 58.0 Å². The van der Waals surface area contributed by atoms with E-state index in [4.69, 9.17) is 18.9 Å². The standard InChI is InChI=1S/C30H39N3O10/c1-16(34)27(38)31-12-8-22(36)41-20-7-10-30(43-23(37)9-13-32-28(39)17(2)35)21-15-18-5-6-19(40-4)25-24(18)29(30,26(20)42-25)11-14-33(21)3/h5-7,16-17,21,26,34-35H,8-15H2,1-4H3,(H,31,38)(H,32,39)/t16-,17-,21-,26+,29+,30-/m0/s1. The van der Waals surface area contributed by atoms with Crippen LogP contribution in [-0.2, 0) is 40.5 Å². The fourth-order valence-electron chi connectivity index (χ4n) is 7.06. The molecule has 5 rings (SSSR count). The Kier molecular flexibility index (Phi) is 8.43. The molecule has 43 heavy (non-hydrogen) atoms. The first-order chi connectivity index (χ1) is 20.4. The first-order valence-corrected chi connectivity index (χ1v) is 14.6. The molecule has 13 heteroatoms. The van der Waals surface area contributed by atoms with E-state index in [0.29, 0.717) is 36.6 Å². The highest BCUT2D eigenvalue weighted by atomic mass is 16.6. The van der Waals surface area contributed by atoms with Gasteiger partial charge in [0.05, 0.1) is 31.4 Å². The van der Waals surface area contributed by atoms with Gasteiger partial charge in [-0.3, -0.25) is 24.1 Å². The Morgan fingerprint density at radius 2 is 1.72 bits per heavy atom. The molecule has 1 spiro atoms. The van der Waals surface area contributed by atoms with Crippen LogP contribution < -0.4 is 20.1 Å². The summed E-state index contributed by atoms with van der Waals surface area (Å²) in [5.74, 6) is -0.901. The molecule has 4 aliphatic rings. The fraction of sp³-hybridized carbons (Fsp3) is 0.600. The topological polar surface area (TPSA) is 173 Å².